The number of amides is 1. The van der Waals surface area contributed by atoms with Gasteiger partial charge in [-0.3, -0.25) is 9.48 Å². The maximum absolute atomic E-state index is 12.3. The summed E-state index contributed by atoms with van der Waals surface area (Å²) in [6.07, 6.45) is 5.69. The topological polar surface area (TPSA) is 72.9 Å². The van der Waals surface area contributed by atoms with E-state index in [1.807, 2.05) is 31.8 Å². The molecule has 106 valence electrons. The highest BCUT2D eigenvalue weighted by Crippen LogP contribution is 2.24. The van der Waals surface area contributed by atoms with Gasteiger partial charge in [-0.2, -0.15) is 5.10 Å². The zero-order valence-corrected chi connectivity index (χ0v) is 12.0. The van der Waals surface area contributed by atoms with Crippen molar-refractivity contribution in [3.63, 3.8) is 0 Å². The van der Waals surface area contributed by atoms with Crippen molar-refractivity contribution in [1.82, 2.24) is 15.1 Å². The van der Waals surface area contributed by atoms with Gasteiger partial charge in [-0.15, -0.1) is 0 Å². The third-order valence-electron chi connectivity index (χ3n) is 4.18. The Bertz CT molecular complexity index is 454. The minimum absolute atomic E-state index is 0.000601. The van der Waals surface area contributed by atoms with Crippen molar-refractivity contribution in [3.05, 3.63) is 17.5 Å². The third kappa shape index (κ3) is 3.15. The molecule has 1 saturated carbocycles. The Morgan fingerprint density at radius 1 is 1.58 bits per heavy atom. The molecule has 1 aliphatic rings. The highest BCUT2D eigenvalue weighted by molar-refractivity contribution is 5.79. The van der Waals surface area contributed by atoms with E-state index in [0.717, 1.165) is 36.9 Å². The lowest BCUT2D eigenvalue weighted by atomic mass is 9.85. The van der Waals surface area contributed by atoms with Gasteiger partial charge in [0.15, 0.2) is 0 Å². The van der Waals surface area contributed by atoms with Crippen molar-refractivity contribution in [2.24, 2.45) is 18.7 Å². The minimum atomic E-state index is -0.000601. The van der Waals surface area contributed by atoms with E-state index in [-0.39, 0.29) is 23.9 Å². The highest BCUT2D eigenvalue weighted by atomic mass is 16.1. The highest BCUT2D eigenvalue weighted by Gasteiger charge is 2.26. The molecule has 3 N–H and O–H groups in total. The van der Waals surface area contributed by atoms with Gasteiger partial charge in [-0.05, 0) is 33.1 Å². The van der Waals surface area contributed by atoms with Crippen molar-refractivity contribution >= 4 is 5.91 Å². The number of hydrogen-bond acceptors (Lipinski definition) is 3. The fraction of sp³-hybridized carbons (Fsp3) is 0.714. The lowest BCUT2D eigenvalue weighted by Crippen LogP contribution is -2.38. The molecule has 0 radical (unpaired) electrons. The summed E-state index contributed by atoms with van der Waals surface area (Å²) >= 11 is 0. The largest absolute Gasteiger partial charge is 0.349 e. The average molecular weight is 264 g/mol. The van der Waals surface area contributed by atoms with Crippen molar-refractivity contribution in [2.75, 3.05) is 0 Å². The minimum Gasteiger partial charge on any atom is -0.349 e. The molecule has 3 atom stereocenters. The van der Waals surface area contributed by atoms with E-state index < -0.39 is 0 Å². The second kappa shape index (κ2) is 5.74. The van der Waals surface area contributed by atoms with Crippen LogP contribution in [0.3, 0.4) is 0 Å². The quantitative estimate of drug-likeness (QED) is 0.867. The van der Waals surface area contributed by atoms with E-state index in [4.69, 9.17) is 5.73 Å². The summed E-state index contributed by atoms with van der Waals surface area (Å²) in [5.41, 5.74) is 8.11. The predicted octanol–water partition coefficient (Wildman–Crippen LogP) is 1.42. The molecule has 1 aromatic heterocycles. The summed E-state index contributed by atoms with van der Waals surface area (Å²) in [6.45, 7) is 4.02. The number of hydrogen-bond donors (Lipinski definition) is 2. The van der Waals surface area contributed by atoms with Crippen LogP contribution in [0.1, 0.15) is 49.9 Å². The molecule has 0 spiro atoms. The van der Waals surface area contributed by atoms with Gasteiger partial charge in [-0.1, -0.05) is 6.42 Å². The first-order valence-electron chi connectivity index (χ1n) is 7.03. The van der Waals surface area contributed by atoms with E-state index in [2.05, 4.69) is 10.4 Å². The summed E-state index contributed by atoms with van der Waals surface area (Å²) in [5.74, 6) is 0.203. The van der Waals surface area contributed by atoms with Crippen molar-refractivity contribution in [2.45, 2.75) is 51.6 Å². The molecule has 0 aromatic carbocycles. The number of nitrogens with two attached hydrogens (primary N) is 1. The zero-order valence-electron chi connectivity index (χ0n) is 12.0. The summed E-state index contributed by atoms with van der Waals surface area (Å²) < 4.78 is 1.83. The second-order valence-electron chi connectivity index (χ2n) is 5.66. The molecular weight excluding hydrogens is 240 g/mol. The lowest BCUT2D eigenvalue weighted by Gasteiger charge is -2.27. The standard InChI is InChI=1S/C14H24N4O/c1-9(13-8-16-18(3)10(13)2)17-14(19)11-5-4-6-12(15)7-11/h8-9,11-12H,4-7,15H2,1-3H3,(H,17,19). The summed E-state index contributed by atoms with van der Waals surface area (Å²) in [7, 11) is 1.91. The van der Waals surface area contributed by atoms with Gasteiger partial charge in [0.25, 0.3) is 0 Å². The Morgan fingerprint density at radius 2 is 2.32 bits per heavy atom. The monoisotopic (exact) mass is 264 g/mol. The first-order valence-corrected chi connectivity index (χ1v) is 7.03. The van der Waals surface area contributed by atoms with Gasteiger partial charge in [0.05, 0.1) is 12.2 Å². The van der Waals surface area contributed by atoms with Gasteiger partial charge in [0.2, 0.25) is 5.91 Å². The van der Waals surface area contributed by atoms with E-state index in [1.165, 1.54) is 0 Å². The van der Waals surface area contributed by atoms with Crippen molar-refractivity contribution in [1.29, 1.82) is 0 Å². The number of rotatable bonds is 3. The fourth-order valence-corrected chi connectivity index (χ4v) is 2.82. The number of nitrogens with one attached hydrogen (secondary N) is 1. The number of aryl methyl sites for hydroxylation is 1. The Kier molecular flexibility index (Phi) is 4.24. The van der Waals surface area contributed by atoms with E-state index in [1.54, 1.807) is 0 Å². The lowest BCUT2D eigenvalue weighted by molar-refractivity contribution is -0.126. The molecule has 3 unspecified atom stereocenters. The molecule has 0 aliphatic heterocycles. The molecule has 1 heterocycles. The number of nitrogens with zero attached hydrogens (tertiary/aromatic N) is 2. The van der Waals surface area contributed by atoms with Gasteiger partial charge in [0.1, 0.15) is 0 Å². The Labute approximate surface area is 114 Å². The molecule has 1 aliphatic carbocycles. The maximum Gasteiger partial charge on any atom is 0.223 e. The Balaban J connectivity index is 1.96. The molecule has 5 heteroatoms. The SMILES string of the molecule is Cc1c(C(C)NC(=O)C2CCCC(N)C2)cnn1C. The maximum atomic E-state index is 12.3. The Hall–Kier alpha value is -1.36. The number of aromatic nitrogens is 2. The molecular formula is C14H24N4O. The van der Waals surface area contributed by atoms with Crippen LogP contribution < -0.4 is 11.1 Å². The van der Waals surface area contributed by atoms with Crippen LogP contribution in [-0.4, -0.2) is 21.7 Å². The smallest absolute Gasteiger partial charge is 0.223 e. The van der Waals surface area contributed by atoms with Crippen molar-refractivity contribution < 1.29 is 4.79 Å². The van der Waals surface area contributed by atoms with Crippen LogP contribution in [0.2, 0.25) is 0 Å². The first kappa shape index (κ1) is 14.1. The van der Waals surface area contributed by atoms with E-state index >= 15 is 0 Å². The predicted molar refractivity (Wildman–Crippen MR) is 74.4 cm³/mol. The molecule has 2 rings (SSSR count). The van der Waals surface area contributed by atoms with Crippen LogP contribution in [0.4, 0.5) is 0 Å². The summed E-state index contributed by atoms with van der Waals surface area (Å²) in [4.78, 5) is 12.3. The number of carbonyl (C=O) groups is 1. The molecule has 1 aromatic rings. The van der Waals surface area contributed by atoms with Gasteiger partial charge < -0.3 is 11.1 Å². The third-order valence-corrected chi connectivity index (χ3v) is 4.18. The first-order chi connectivity index (χ1) is 8.99. The van der Waals surface area contributed by atoms with Crippen LogP contribution in [0.15, 0.2) is 6.20 Å². The zero-order chi connectivity index (χ0) is 14.0. The van der Waals surface area contributed by atoms with Crippen LogP contribution in [-0.2, 0) is 11.8 Å². The van der Waals surface area contributed by atoms with Gasteiger partial charge in [0, 0.05) is 30.3 Å². The van der Waals surface area contributed by atoms with Crippen LogP contribution >= 0.6 is 0 Å². The van der Waals surface area contributed by atoms with Crippen molar-refractivity contribution in [3.8, 4) is 0 Å². The Morgan fingerprint density at radius 3 is 2.89 bits per heavy atom. The second-order valence-corrected chi connectivity index (χ2v) is 5.66. The normalized spacial score (nSPS) is 25.1. The van der Waals surface area contributed by atoms with Crippen LogP contribution in [0.5, 0.6) is 0 Å². The molecule has 0 bridgehead atoms. The van der Waals surface area contributed by atoms with Crippen LogP contribution in [0.25, 0.3) is 0 Å². The van der Waals surface area contributed by atoms with Gasteiger partial charge >= 0.3 is 0 Å². The van der Waals surface area contributed by atoms with E-state index in [9.17, 15) is 4.79 Å². The van der Waals surface area contributed by atoms with E-state index in [0.29, 0.717) is 0 Å². The average Bonchev–Trinajstić information content (AvgIpc) is 2.70. The summed E-state index contributed by atoms with van der Waals surface area (Å²) in [5, 5.41) is 7.31. The molecule has 5 nitrogen and oxygen atoms in total. The summed E-state index contributed by atoms with van der Waals surface area (Å²) in [6, 6.07) is 0.180. The molecule has 1 amide bonds. The number of carbonyl (C=O) groups excluding carboxylic acids is 1. The van der Waals surface area contributed by atoms with Crippen LogP contribution in [0, 0.1) is 12.8 Å². The molecule has 1 fully saturated rings. The fourth-order valence-electron chi connectivity index (χ4n) is 2.82. The molecule has 19 heavy (non-hydrogen) atoms. The van der Waals surface area contributed by atoms with Gasteiger partial charge in [-0.25, -0.2) is 0 Å². The molecule has 0 saturated heterocycles.